The van der Waals surface area contributed by atoms with Crippen molar-refractivity contribution in [2.24, 2.45) is 0 Å². The first-order chi connectivity index (χ1) is 28.6. The van der Waals surface area contributed by atoms with Crippen molar-refractivity contribution in [2.45, 2.75) is 141 Å². The Morgan fingerprint density at radius 3 is 2.29 bits per heavy atom. The Balaban J connectivity index is 0.791. The highest BCUT2D eigenvalue weighted by Crippen LogP contribution is 2.44. The minimum absolute atomic E-state index is 0.0777. The molecule has 59 heavy (non-hydrogen) atoms. The fourth-order valence-electron chi connectivity index (χ4n) is 9.78. The Morgan fingerprint density at radius 1 is 0.847 bits per heavy atom. The van der Waals surface area contributed by atoms with Crippen LogP contribution >= 0.6 is 11.6 Å². The molecular formula is C47H59ClN6O5. The predicted molar refractivity (Wildman–Crippen MR) is 228 cm³/mol. The lowest BCUT2D eigenvalue weighted by Crippen LogP contribution is -2.52. The average molecular weight is 823 g/mol. The SMILES string of the molecule is C[C@@H]1C[C@@H](C)c2c1ncnc2N1CCN(C(=O)[C@H](CCC(=O)CCCCCCCCCCc2cccc3c2CN(C2CCC(=O)NC2=O)C3=O)c2ccc(Cl)cc2)CC1. The van der Waals surface area contributed by atoms with E-state index >= 15 is 0 Å². The third kappa shape index (κ3) is 10.0. The van der Waals surface area contributed by atoms with Gasteiger partial charge < -0.3 is 14.7 Å². The zero-order valence-corrected chi connectivity index (χ0v) is 35.5. The normalized spacial score (nSPS) is 20.8. The highest BCUT2D eigenvalue weighted by atomic mass is 35.5. The van der Waals surface area contributed by atoms with Crippen molar-refractivity contribution >= 4 is 46.8 Å². The molecule has 4 atom stereocenters. The number of benzene rings is 2. The first kappa shape index (κ1) is 42.5. The lowest BCUT2D eigenvalue weighted by atomic mass is 9.90. The van der Waals surface area contributed by atoms with E-state index in [9.17, 15) is 24.0 Å². The molecule has 2 aromatic carbocycles. The Kier molecular flexibility index (Phi) is 14.1. The van der Waals surface area contributed by atoms with E-state index in [2.05, 4.69) is 35.1 Å². The van der Waals surface area contributed by atoms with Crippen molar-refractivity contribution in [3.8, 4) is 0 Å². The molecule has 12 heteroatoms. The Bertz CT molecular complexity index is 2010. The molecule has 0 bridgehead atoms. The van der Waals surface area contributed by atoms with Crippen LogP contribution < -0.4 is 10.2 Å². The molecule has 0 radical (unpaired) electrons. The fraction of sp³-hybridized carbons (Fsp3) is 0.553. The van der Waals surface area contributed by atoms with E-state index in [0.29, 0.717) is 67.7 Å². The maximum absolute atomic E-state index is 14.1. The largest absolute Gasteiger partial charge is 0.353 e. The number of piperazine rings is 1. The Morgan fingerprint density at radius 2 is 1.56 bits per heavy atom. The molecular weight excluding hydrogens is 764 g/mol. The van der Waals surface area contributed by atoms with Crippen molar-refractivity contribution in [1.82, 2.24) is 25.1 Å². The maximum Gasteiger partial charge on any atom is 0.255 e. The molecule has 1 aromatic heterocycles. The van der Waals surface area contributed by atoms with Gasteiger partial charge in [-0.05, 0) is 85.3 Å². The number of aryl methyl sites for hydroxylation is 1. The summed E-state index contributed by atoms with van der Waals surface area (Å²) in [7, 11) is 0. The zero-order valence-electron chi connectivity index (χ0n) is 34.7. The first-order valence-electron chi connectivity index (χ1n) is 22.0. The number of imide groups is 1. The molecule has 4 amide bonds. The Hall–Kier alpha value is -4.64. The number of halogens is 1. The third-order valence-electron chi connectivity index (χ3n) is 13.1. The summed E-state index contributed by atoms with van der Waals surface area (Å²) in [4.78, 5) is 79.5. The van der Waals surface area contributed by atoms with Gasteiger partial charge in [0.1, 0.15) is 24.0 Å². The van der Waals surface area contributed by atoms with Gasteiger partial charge in [-0.2, -0.15) is 0 Å². The van der Waals surface area contributed by atoms with Crippen LogP contribution in [-0.2, 0) is 32.1 Å². The number of amides is 4. The molecule has 2 saturated heterocycles. The lowest BCUT2D eigenvalue weighted by Gasteiger charge is -2.38. The molecule has 0 saturated carbocycles. The smallest absolute Gasteiger partial charge is 0.255 e. The number of anilines is 1. The van der Waals surface area contributed by atoms with Crippen molar-refractivity contribution in [3.63, 3.8) is 0 Å². The van der Waals surface area contributed by atoms with Gasteiger partial charge in [0.15, 0.2) is 0 Å². The molecule has 4 heterocycles. The fourth-order valence-corrected chi connectivity index (χ4v) is 9.90. The van der Waals surface area contributed by atoms with E-state index in [0.717, 1.165) is 99.9 Å². The number of hydrogen-bond donors (Lipinski definition) is 1. The highest BCUT2D eigenvalue weighted by Gasteiger charge is 2.40. The number of unbranched alkanes of at least 4 members (excludes halogenated alkanes) is 7. The van der Waals surface area contributed by atoms with Crippen molar-refractivity contribution in [3.05, 3.63) is 87.3 Å². The number of aromatic nitrogens is 2. The van der Waals surface area contributed by atoms with Gasteiger partial charge in [0.05, 0.1) is 11.6 Å². The van der Waals surface area contributed by atoms with Crippen LogP contribution in [0.3, 0.4) is 0 Å². The topological polar surface area (TPSA) is 133 Å². The molecule has 314 valence electrons. The molecule has 1 unspecified atom stereocenters. The standard InChI is InChI=1S/C47H59ClN6O5/c1-31-28-32(2)43-42(31)44(50-30-49-43)52-24-26-53(27-25-52)46(58)37(34-16-18-35(48)19-17-34)21-20-36(55)14-10-8-6-4-3-5-7-9-12-33-13-11-15-38-39(33)29-54(47(38)59)40-22-23-41(56)51-45(40)57/h11,13,15-19,30-32,37,40H,3-10,12,14,20-29H2,1-2H3,(H,51,56,57)/t31-,32-,37-,40?/m1/s1. The number of hydrogen-bond acceptors (Lipinski definition) is 8. The second-order valence-electron chi connectivity index (χ2n) is 17.2. The summed E-state index contributed by atoms with van der Waals surface area (Å²) in [5.41, 5.74) is 6.20. The van der Waals surface area contributed by atoms with Crippen molar-refractivity contribution in [1.29, 1.82) is 0 Å². The summed E-state index contributed by atoms with van der Waals surface area (Å²) in [6.45, 7) is 7.57. The van der Waals surface area contributed by atoms with Crippen LogP contribution in [0.2, 0.25) is 5.02 Å². The molecule has 4 aliphatic rings. The van der Waals surface area contributed by atoms with E-state index in [-0.39, 0.29) is 41.8 Å². The van der Waals surface area contributed by atoms with E-state index in [4.69, 9.17) is 16.6 Å². The number of carbonyl (C=O) groups excluding carboxylic acids is 5. The molecule has 1 N–H and O–H groups in total. The molecule has 1 aliphatic carbocycles. The molecule has 3 aromatic rings. The third-order valence-corrected chi connectivity index (χ3v) is 13.3. The maximum atomic E-state index is 14.1. The van der Waals surface area contributed by atoms with Gasteiger partial charge in [-0.1, -0.05) is 88.2 Å². The van der Waals surface area contributed by atoms with Crippen LogP contribution in [0.5, 0.6) is 0 Å². The summed E-state index contributed by atoms with van der Waals surface area (Å²) in [5, 5.41) is 3.00. The van der Waals surface area contributed by atoms with Gasteiger partial charge in [-0.15, -0.1) is 0 Å². The van der Waals surface area contributed by atoms with Crippen LogP contribution in [0.1, 0.15) is 160 Å². The number of nitrogens with one attached hydrogen (secondary N) is 1. The number of nitrogens with zero attached hydrogens (tertiary/aromatic N) is 5. The molecule has 2 fully saturated rings. The van der Waals surface area contributed by atoms with Crippen LogP contribution in [-0.4, -0.2) is 81.4 Å². The number of piperidine rings is 1. The molecule has 7 rings (SSSR count). The van der Waals surface area contributed by atoms with Gasteiger partial charge in [0.25, 0.3) is 5.91 Å². The van der Waals surface area contributed by atoms with Gasteiger partial charge in [0.2, 0.25) is 17.7 Å². The summed E-state index contributed by atoms with van der Waals surface area (Å²) >= 11 is 6.21. The number of ketones is 1. The van der Waals surface area contributed by atoms with Crippen molar-refractivity contribution in [2.75, 3.05) is 31.1 Å². The van der Waals surface area contributed by atoms with Gasteiger partial charge in [-0.25, -0.2) is 9.97 Å². The second kappa shape index (κ2) is 19.6. The van der Waals surface area contributed by atoms with E-state index in [1.807, 2.05) is 41.3 Å². The second-order valence-corrected chi connectivity index (χ2v) is 17.6. The van der Waals surface area contributed by atoms with Crippen LogP contribution in [0.4, 0.5) is 5.82 Å². The number of Topliss-reactive ketones (excluding diaryl/α,β-unsaturated/α-hetero) is 1. The van der Waals surface area contributed by atoms with Gasteiger partial charge in [-0.3, -0.25) is 29.3 Å². The predicted octanol–water partition coefficient (Wildman–Crippen LogP) is 8.04. The van der Waals surface area contributed by atoms with Crippen LogP contribution in [0.15, 0.2) is 48.8 Å². The lowest BCUT2D eigenvalue weighted by molar-refractivity contribution is -0.137. The monoisotopic (exact) mass is 822 g/mol. The van der Waals surface area contributed by atoms with Crippen LogP contribution in [0.25, 0.3) is 0 Å². The zero-order chi connectivity index (χ0) is 41.5. The highest BCUT2D eigenvalue weighted by molar-refractivity contribution is 6.30. The van der Waals surface area contributed by atoms with Crippen molar-refractivity contribution < 1.29 is 24.0 Å². The molecule has 11 nitrogen and oxygen atoms in total. The van der Waals surface area contributed by atoms with E-state index in [1.165, 1.54) is 11.1 Å². The van der Waals surface area contributed by atoms with E-state index < -0.39 is 6.04 Å². The van der Waals surface area contributed by atoms with E-state index in [1.54, 1.807) is 11.2 Å². The summed E-state index contributed by atoms with van der Waals surface area (Å²) in [6, 6.07) is 12.8. The molecule has 3 aliphatic heterocycles. The molecule has 0 spiro atoms. The number of carbonyl (C=O) groups is 5. The average Bonchev–Trinajstić information content (AvgIpc) is 3.73. The quantitative estimate of drug-likeness (QED) is 0.101. The minimum Gasteiger partial charge on any atom is -0.353 e. The van der Waals surface area contributed by atoms with Gasteiger partial charge >= 0.3 is 0 Å². The minimum atomic E-state index is -0.592. The Labute approximate surface area is 353 Å². The first-order valence-corrected chi connectivity index (χ1v) is 22.4. The number of rotatable bonds is 18. The summed E-state index contributed by atoms with van der Waals surface area (Å²) in [6.07, 6.45) is 14.3. The summed E-state index contributed by atoms with van der Waals surface area (Å²) < 4.78 is 0. The van der Waals surface area contributed by atoms with Gasteiger partial charge in [0, 0.05) is 68.1 Å². The number of fused-ring (bicyclic) bond motifs is 2. The van der Waals surface area contributed by atoms with Crippen LogP contribution in [0, 0.1) is 0 Å². The summed E-state index contributed by atoms with van der Waals surface area (Å²) in [5.74, 6) is 1.01.